The van der Waals surface area contributed by atoms with Gasteiger partial charge in [0.15, 0.2) is 0 Å². The number of rotatable bonds is 5. The molecule has 1 aliphatic heterocycles. The standard InChI is InChI=1S/C13H18N4O4/c1-15-5-3-4-9(15)8-16(2)12-6-10(13(18)19)11(7-14-12)17(20)21/h6-7,9H,3-5,8H2,1-2H3,(H,18,19). The van der Waals surface area contributed by atoms with E-state index in [0.29, 0.717) is 18.4 Å². The molecule has 0 aliphatic carbocycles. The number of nitro groups is 1. The van der Waals surface area contributed by atoms with Crippen molar-refractivity contribution in [2.45, 2.75) is 18.9 Å². The molecule has 0 radical (unpaired) electrons. The van der Waals surface area contributed by atoms with Gasteiger partial charge in [0, 0.05) is 25.7 Å². The van der Waals surface area contributed by atoms with Crippen LogP contribution in [0.5, 0.6) is 0 Å². The summed E-state index contributed by atoms with van der Waals surface area (Å²) >= 11 is 0. The zero-order valence-corrected chi connectivity index (χ0v) is 12.0. The summed E-state index contributed by atoms with van der Waals surface area (Å²) in [6.45, 7) is 1.76. The van der Waals surface area contributed by atoms with Crippen LogP contribution < -0.4 is 4.90 Å². The summed E-state index contributed by atoms with van der Waals surface area (Å²) in [5.74, 6) is -0.893. The first-order valence-electron chi connectivity index (χ1n) is 6.69. The highest BCUT2D eigenvalue weighted by atomic mass is 16.6. The molecule has 8 nitrogen and oxygen atoms in total. The lowest BCUT2D eigenvalue weighted by Crippen LogP contribution is -2.37. The number of pyridine rings is 1. The van der Waals surface area contributed by atoms with Crippen molar-refractivity contribution in [2.75, 3.05) is 32.1 Å². The number of carboxylic acid groups (broad SMARTS) is 1. The highest BCUT2D eigenvalue weighted by Gasteiger charge is 2.25. The van der Waals surface area contributed by atoms with Crippen LogP contribution >= 0.6 is 0 Å². The van der Waals surface area contributed by atoms with E-state index in [1.807, 2.05) is 11.9 Å². The Kier molecular flexibility index (Phi) is 4.37. The van der Waals surface area contributed by atoms with Crippen molar-refractivity contribution in [3.05, 3.63) is 27.9 Å². The van der Waals surface area contributed by atoms with Crippen molar-refractivity contribution in [3.63, 3.8) is 0 Å². The molecule has 0 amide bonds. The molecule has 0 bridgehead atoms. The van der Waals surface area contributed by atoms with Gasteiger partial charge < -0.3 is 14.9 Å². The number of aromatic carboxylic acids is 1. The van der Waals surface area contributed by atoms with Crippen LogP contribution in [0.25, 0.3) is 0 Å². The van der Waals surface area contributed by atoms with Crippen molar-refractivity contribution in [2.24, 2.45) is 0 Å². The highest BCUT2D eigenvalue weighted by molar-refractivity contribution is 5.93. The molecule has 2 heterocycles. The van der Waals surface area contributed by atoms with Crippen LogP contribution in [-0.4, -0.2) is 59.1 Å². The number of carboxylic acids is 1. The van der Waals surface area contributed by atoms with Gasteiger partial charge in [0.2, 0.25) is 0 Å². The third-order valence-corrected chi connectivity index (χ3v) is 3.84. The summed E-state index contributed by atoms with van der Waals surface area (Å²) in [5, 5.41) is 19.9. The number of hydrogen-bond acceptors (Lipinski definition) is 6. The zero-order valence-electron chi connectivity index (χ0n) is 12.0. The first kappa shape index (κ1) is 15.2. The largest absolute Gasteiger partial charge is 0.477 e. The van der Waals surface area contributed by atoms with Crippen LogP contribution in [0.1, 0.15) is 23.2 Å². The molecule has 1 aliphatic rings. The van der Waals surface area contributed by atoms with Crippen LogP contribution in [-0.2, 0) is 0 Å². The molecule has 0 spiro atoms. The summed E-state index contributed by atoms with van der Waals surface area (Å²) in [4.78, 5) is 29.3. The first-order chi connectivity index (χ1) is 9.90. The lowest BCUT2D eigenvalue weighted by molar-refractivity contribution is -0.385. The number of hydrogen-bond donors (Lipinski definition) is 1. The van der Waals surface area contributed by atoms with E-state index in [4.69, 9.17) is 5.11 Å². The molecule has 8 heteroatoms. The second-order valence-electron chi connectivity index (χ2n) is 5.28. The number of likely N-dealkylation sites (N-methyl/N-ethyl adjacent to an activating group) is 2. The third-order valence-electron chi connectivity index (χ3n) is 3.84. The maximum atomic E-state index is 11.1. The molecule has 1 N–H and O–H groups in total. The summed E-state index contributed by atoms with van der Waals surface area (Å²) in [7, 11) is 3.86. The SMILES string of the molecule is CN(CC1CCCN1C)c1cc(C(=O)O)c([N+](=O)[O-])cn1. The van der Waals surface area contributed by atoms with Crippen LogP contribution in [0.4, 0.5) is 11.5 Å². The van der Waals surface area contributed by atoms with Gasteiger partial charge in [-0.15, -0.1) is 0 Å². The van der Waals surface area contributed by atoms with E-state index < -0.39 is 16.6 Å². The Morgan fingerprint density at radius 2 is 2.38 bits per heavy atom. The highest BCUT2D eigenvalue weighted by Crippen LogP contribution is 2.23. The van der Waals surface area contributed by atoms with Crippen molar-refractivity contribution < 1.29 is 14.8 Å². The molecule has 0 saturated carbocycles. The predicted molar refractivity (Wildman–Crippen MR) is 76.8 cm³/mol. The van der Waals surface area contributed by atoms with E-state index in [0.717, 1.165) is 25.6 Å². The number of likely N-dealkylation sites (tertiary alicyclic amines) is 1. The minimum Gasteiger partial charge on any atom is -0.477 e. The summed E-state index contributed by atoms with van der Waals surface area (Å²) in [6.07, 6.45) is 3.23. The molecule has 1 saturated heterocycles. The van der Waals surface area contributed by atoms with E-state index in [1.54, 1.807) is 0 Å². The maximum absolute atomic E-state index is 11.1. The molecule has 1 aromatic heterocycles. The smallest absolute Gasteiger partial charge is 0.342 e. The van der Waals surface area contributed by atoms with Crippen molar-refractivity contribution in [3.8, 4) is 0 Å². The van der Waals surface area contributed by atoms with Crippen molar-refractivity contribution >= 4 is 17.5 Å². The molecule has 2 rings (SSSR count). The van der Waals surface area contributed by atoms with Gasteiger partial charge >= 0.3 is 11.7 Å². The third kappa shape index (κ3) is 3.27. The quantitative estimate of drug-likeness (QED) is 0.643. The van der Waals surface area contributed by atoms with E-state index >= 15 is 0 Å². The summed E-state index contributed by atoms with van der Waals surface area (Å²) in [5.41, 5.74) is -0.825. The molecule has 1 atom stereocenters. The molecule has 0 aromatic carbocycles. The minimum absolute atomic E-state index is 0.336. The van der Waals surface area contributed by atoms with E-state index in [9.17, 15) is 14.9 Å². The van der Waals surface area contributed by atoms with Crippen molar-refractivity contribution in [1.29, 1.82) is 0 Å². The number of carbonyl (C=O) groups is 1. The molecule has 114 valence electrons. The van der Waals surface area contributed by atoms with Gasteiger partial charge in [-0.25, -0.2) is 9.78 Å². The number of nitrogens with zero attached hydrogens (tertiary/aromatic N) is 4. The topological polar surface area (TPSA) is 99.8 Å². The average Bonchev–Trinajstić information content (AvgIpc) is 2.83. The van der Waals surface area contributed by atoms with Gasteiger partial charge in [0.1, 0.15) is 17.6 Å². The van der Waals surface area contributed by atoms with Crippen LogP contribution in [0, 0.1) is 10.1 Å². The average molecular weight is 294 g/mol. The fourth-order valence-corrected chi connectivity index (χ4v) is 2.58. The van der Waals surface area contributed by atoms with E-state index in [2.05, 4.69) is 16.9 Å². The maximum Gasteiger partial charge on any atom is 0.342 e. The fraction of sp³-hybridized carbons (Fsp3) is 0.538. The van der Waals surface area contributed by atoms with Crippen molar-refractivity contribution in [1.82, 2.24) is 9.88 Å². The molecule has 1 fully saturated rings. The van der Waals surface area contributed by atoms with Gasteiger partial charge in [-0.05, 0) is 26.4 Å². The molecular weight excluding hydrogens is 276 g/mol. The van der Waals surface area contributed by atoms with Gasteiger partial charge in [0.25, 0.3) is 0 Å². The molecule has 1 aromatic rings. The first-order valence-corrected chi connectivity index (χ1v) is 6.69. The van der Waals surface area contributed by atoms with Gasteiger partial charge in [-0.2, -0.15) is 0 Å². The summed E-state index contributed by atoms with van der Waals surface area (Å²) in [6, 6.07) is 1.65. The number of anilines is 1. The van der Waals surface area contributed by atoms with Crippen LogP contribution in [0.3, 0.4) is 0 Å². The Morgan fingerprint density at radius 3 is 2.90 bits per heavy atom. The summed E-state index contributed by atoms with van der Waals surface area (Å²) < 4.78 is 0. The van der Waals surface area contributed by atoms with E-state index in [1.165, 1.54) is 6.07 Å². The van der Waals surface area contributed by atoms with Crippen LogP contribution in [0.2, 0.25) is 0 Å². The Balaban J connectivity index is 2.21. The normalized spacial score (nSPS) is 18.7. The van der Waals surface area contributed by atoms with Gasteiger partial charge in [-0.1, -0.05) is 0 Å². The molecule has 1 unspecified atom stereocenters. The predicted octanol–water partition coefficient (Wildman–Crippen LogP) is 1.22. The van der Waals surface area contributed by atoms with Gasteiger partial charge in [-0.3, -0.25) is 10.1 Å². The Labute approximate surface area is 122 Å². The minimum atomic E-state index is -1.32. The molecular formula is C13H18N4O4. The van der Waals surface area contributed by atoms with E-state index in [-0.39, 0.29) is 5.56 Å². The number of aromatic nitrogens is 1. The molecule has 21 heavy (non-hydrogen) atoms. The fourth-order valence-electron chi connectivity index (χ4n) is 2.58. The Hall–Kier alpha value is -2.22. The lowest BCUT2D eigenvalue weighted by atomic mass is 10.2. The van der Waals surface area contributed by atoms with Crippen LogP contribution in [0.15, 0.2) is 12.3 Å². The van der Waals surface area contributed by atoms with Gasteiger partial charge in [0.05, 0.1) is 4.92 Å². The Morgan fingerprint density at radius 1 is 1.67 bits per heavy atom. The monoisotopic (exact) mass is 294 g/mol. The second-order valence-corrected chi connectivity index (χ2v) is 5.28. The Bertz CT molecular complexity index is 563. The lowest BCUT2D eigenvalue weighted by Gasteiger charge is -2.26. The zero-order chi connectivity index (χ0) is 15.6. The second kappa shape index (κ2) is 6.04.